The van der Waals surface area contributed by atoms with E-state index in [0.717, 1.165) is 0 Å². The molecule has 0 aliphatic carbocycles. The van der Waals surface area contributed by atoms with Crippen molar-refractivity contribution in [2.75, 3.05) is 43.0 Å². The Morgan fingerprint density at radius 3 is 2.77 bits per heavy atom. The van der Waals surface area contributed by atoms with E-state index < -0.39 is 5.82 Å². The molecule has 0 unspecified atom stereocenters. The third-order valence-corrected chi connectivity index (χ3v) is 4.21. The number of ether oxygens (including phenoxy) is 1. The quantitative estimate of drug-likeness (QED) is 0.879. The third-order valence-electron chi connectivity index (χ3n) is 3.92. The van der Waals surface area contributed by atoms with Crippen molar-refractivity contribution in [1.82, 2.24) is 14.9 Å². The fraction of sp³-hybridized carbons (Fsp3) is 0.353. The van der Waals surface area contributed by atoms with Gasteiger partial charge in [0.05, 0.1) is 11.6 Å². The first-order valence-corrected chi connectivity index (χ1v) is 8.66. The molecule has 9 heteroatoms. The molecule has 1 aliphatic heterocycles. The summed E-state index contributed by atoms with van der Waals surface area (Å²) >= 11 is 5.80. The van der Waals surface area contributed by atoms with Crippen LogP contribution in [0.5, 0.6) is 0 Å². The zero-order chi connectivity index (χ0) is 18.5. The number of hydrogen-bond acceptors (Lipinski definition) is 6. The summed E-state index contributed by atoms with van der Waals surface area (Å²) in [7, 11) is 0. The molecule has 0 radical (unpaired) electrons. The number of anilines is 3. The molecule has 1 aromatic carbocycles. The first-order chi connectivity index (χ1) is 12.6. The molecule has 2 aromatic rings. The molecule has 1 N–H and O–H groups in total. The molecule has 3 rings (SSSR count). The Morgan fingerprint density at radius 2 is 2.08 bits per heavy atom. The van der Waals surface area contributed by atoms with Gasteiger partial charge in [-0.05, 0) is 31.2 Å². The molecule has 1 amide bonds. The Labute approximate surface area is 155 Å². The number of rotatable bonds is 4. The number of carbonyl (C=O) groups excluding carboxylic acids is 1. The highest BCUT2D eigenvalue weighted by molar-refractivity contribution is 6.31. The van der Waals surface area contributed by atoms with Crippen LogP contribution in [0.1, 0.15) is 6.92 Å². The number of benzene rings is 1. The van der Waals surface area contributed by atoms with Crippen molar-refractivity contribution in [3.05, 3.63) is 41.3 Å². The number of halogens is 2. The van der Waals surface area contributed by atoms with Crippen LogP contribution in [0, 0.1) is 5.82 Å². The molecule has 1 fully saturated rings. The Kier molecular flexibility index (Phi) is 5.72. The van der Waals surface area contributed by atoms with Crippen LogP contribution in [0.25, 0.3) is 0 Å². The molecule has 1 aliphatic rings. The van der Waals surface area contributed by atoms with E-state index in [-0.39, 0.29) is 11.1 Å². The second-order valence-electron chi connectivity index (χ2n) is 5.67. The third kappa shape index (κ3) is 4.32. The Hall–Kier alpha value is -2.61. The van der Waals surface area contributed by atoms with Crippen molar-refractivity contribution in [2.24, 2.45) is 0 Å². The number of nitrogens with zero attached hydrogens (tertiary/aromatic N) is 4. The molecule has 1 saturated heterocycles. The van der Waals surface area contributed by atoms with Gasteiger partial charge in [-0.15, -0.1) is 0 Å². The van der Waals surface area contributed by atoms with Gasteiger partial charge in [0.15, 0.2) is 0 Å². The Balaban J connectivity index is 1.64. The fourth-order valence-corrected chi connectivity index (χ4v) is 2.78. The highest BCUT2D eigenvalue weighted by atomic mass is 35.5. The van der Waals surface area contributed by atoms with Crippen LogP contribution >= 0.6 is 11.6 Å². The molecule has 26 heavy (non-hydrogen) atoms. The van der Waals surface area contributed by atoms with Gasteiger partial charge in [0.2, 0.25) is 5.95 Å². The summed E-state index contributed by atoms with van der Waals surface area (Å²) in [5, 5.41) is 3.12. The predicted molar refractivity (Wildman–Crippen MR) is 97.5 cm³/mol. The van der Waals surface area contributed by atoms with Gasteiger partial charge in [0, 0.05) is 38.1 Å². The van der Waals surface area contributed by atoms with Crippen molar-refractivity contribution in [3.8, 4) is 0 Å². The maximum absolute atomic E-state index is 13.3. The molecule has 1 aromatic heterocycles. The summed E-state index contributed by atoms with van der Waals surface area (Å²) in [5.41, 5.74) is 0.633. The van der Waals surface area contributed by atoms with E-state index in [1.54, 1.807) is 30.2 Å². The van der Waals surface area contributed by atoms with Gasteiger partial charge < -0.3 is 19.9 Å². The topological polar surface area (TPSA) is 70.6 Å². The van der Waals surface area contributed by atoms with Crippen molar-refractivity contribution in [2.45, 2.75) is 6.92 Å². The average molecular weight is 380 g/mol. The minimum Gasteiger partial charge on any atom is -0.450 e. The summed E-state index contributed by atoms with van der Waals surface area (Å²) in [6.07, 6.45) is 1.35. The lowest BCUT2D eigenvalue weighted by molar-refractivity contribution is 0.105. The molecular formula is C17H19ClFN5O2. The molecular weight excluding hydrogens is 361 g/mol. The van der Waals surface area contributed by atoms with Gasteiger partial charge in [-0.3, -0.25) is 0 Å². The lowest BCUT2D eigenvalue weighted by Gasteiger charge is -2.34. The second kappa shape index (κ2) is 8.18. The van der Waals surface area contributed by atoms with Gasteiger partial charge in [-0.25, -0.2) is 14.2 Å². The highest BCUT2D eigenvalue weighted by Gasteiger charge is 2.23. The van der Waals surface area contributed by atoms with Gasteiger partial charge >= 0.3 is 6.09 Å². The van der Waals surface area contributed by atoms with Crippen LogP contribution in [-0.4, -0.2) is 53.7 Å². The van der Waals surface area contributed by atoms with Crippen molar-refractivity contribution < 1.29 is 13.9 Å². The molecule has 138 valence electrons. The zero-order valence-electron chi connectivity index (χ0n) is 14.3. The van der Waals surface area contributed by atoms with E-state index in [1.165, 1.54) is 12.1 Å². The second-order valence-corrected chi connectivity index (χ2v) is 6.08. The maximum atomic E-state index is 13.3. The maximum Gasteiger partial charge on any atom is 0.409 e. The average Bonchev–Trinajstić information content (AvgIpc) is 2.65. The fourth-order valence-electron chi connectivity index (χ4n) is 2.60. The predicted octanol–water partition coefficient (Wildman–Crippen LogP) is 3.29. The van der Waals surface area contributed by atoms with E-state index in [4.69, 9.17) is 16.3 Å². The van der Waals surface area contributed by atoms with Crippen LogP contribution in [0.15, 0.2) is 30.5 Å². The first kappa shape index (κ1) is 18.2. The first-order valence-electron chi connectivity index (χ1n) is 8.28. The van der Waals surface area contributed by atoms with Crippen LogP contribution in [0.4, 0.5) is 26.6 Å². The monoisotopic (exact) mass is 379 g/mol. The van der Waals surface area contributed by atoms with Crippen LogP contribution < -0.4 is 10.2 Å². The van der Waals surface area contributed by atoms with Crippen LogP contribution in [-0.2, 0) is 4.74 Å². The molecule has 0 atom stereocenters. The number of carbonyl (C=O) groups is 1. The smallest absolute Gasteiger partial charge is 0.409 e. The largest absolute Gasteiger partial charge is 0.450 e. The van der Waals surface area contributed by atoms with Gasteiger partial charge in [-0.2, -0.15) is 4.98 Å². The number of nitrogens with one attached hydrogen (secondary N) is 1. The minimum absolute atomic E-state index is 0.0411. The van der Waals surface area contributed by atoms with Gasteiger partial charge in [0.1, 0.15) is 11.6 Å². The molecule has 2 heterocycles. The normalized spacial score (nSPS) is 14.3. The lowest BCUT2D eigenvalue weighted by Crippen LogP contribution is -2.49. The number of aromatic nitrogens is 2. The van der Waals surface area contributed by atoms with Crippen LogP contribution in [0.3, 0.4) is 0 Å². The summed E-state index contributed by atoms with van der Waals surface area (Å²) in [5.74, 6) is 0.664. The van der Waals surface area contributed by atoms with E-state index >= 15 is 0 Å². The van der Waals surface area contributed by atoms with Crippen molar-refractivity contribution in [1.29, 1.82) is 0 Å². The summed E-state index contributed by atoms with van der Waals surface area (Å²) in [6.45, 7) is 4.48. The SMILES string of the molecule is CCOC(=O)N1CCN(c2nccc(Nc3ccc(F)c(Cl)c3)n2)CC1. The zero-order valence-corrected chi connectivity index (χ0v) is 15.0. The molecule has 0 saturated carbocycles. The standard InChI is InChI=1S/C17H19ClFN5O2/c1-2-26-17(25)24-9-7-23(8-10-24)16-20-6-5-15(22-16)21-12-3-4-14(19)13(18)11-12/h3-6,11H,2,7-10H2,1H3,(H,20,21,22). The Morgan fingerprint density at radius 1 is 1.31 bits per heavy atom. The molecule has 0 bridgehead atoms. The van der Waals surface area contributed by atoms with E-state index in [2.05, 4.69) is 15.3 Å². The van der Waals surface area contributed by atoms with Crippen molar-refractivity contribution >= 4 is 35.1 Å². The summed E-state index contributed by atoms with van der Waals surface area (Å²) in [4.78, 5) is 24.2. The van der Waals surface area contributed by atoms with Crippen LogP contribution in [0.2, 0.25) is 5.02 Å². The number of piperazine rings is 1. The van der Waals surface area contributed by atoms with E-state index in [1.807, 2.05) is 4.90 Å². The van der Waals surface area contributed by atoms with Gasteiger partial charge in [-0.1, -0.05) is 11.6 Å². The molecule has 0 spiro atoms. The van der Waals surface area contributed by atoms with E-state index in [9.17, 15) is 9.18 Å². The number of hydrogen-bond donors (Lipinski definition) is 1. The van der Waals surface area contributed by atoms with Gasteiger partial charge in [0.25, 0.3) is 0 Å². The van der Waals surface area contributed by atoms with E-state index in [0.29, 0.717) is 50.2 Å². The summed E-state index contributed by atoms with van der Waals surface area (Å²) < 4.78 is 18.3. The Bertz CT molecular complexity index is 783. The highest BCUT2D eigenvalue weighted by Crippen LogP contribution is 2.22. The molecule has 7 nitrogen and oxygen atoms in total. The lowest BCUT2D eigenvalue weighted by atomic mass is 10.3. The minimum atomic E-state index is -0.472. The summed E-state index contributed by atoms with van der Waals surface area (Å²) in [6, 6.07) is 6.09. The van der Waals surface area contributed by atoms with Crippen molar-refractivity contribution in [3.63, 3.8) is 0 Å². The number of amides is 1.